The predicted octanol–water partition coefficient (Wildman–Crippen LogP) is 3.72. The molecule has 0 saturated carbocycles. The van der Waals surface area contributed by atoms with Crippen LogP contribution in [-0.4, -0.2) is 26.7 Å². The number of H-pyrrole nitrogens is 1. The highest BCUT2D eigenvalue weighted by Gasteiger charge is 2.48. The van der Waals surface area contributed by atoms with Gasteiger partial charge in [-0.2, -0.15) is 0 Å². The van der Waals surface area contributed by atoms with Gasteiger partial charge in [-0.15, -0.1) is 0 Å². The van der Waals surface area contributed by atoms with Gasteiger partial charge in [0.1, 0.15) is 18.2 Å². The Hall–Kier alpha value is -3.59. The number of carbonyl (C=O) groups is 1. The van der Waals surface area contributed by atoms with Gasteiger partial charge in [-0.25, -0.2) is 0 Å². The fourth-order valence-corrected chi connectivity index (χ4v) is 4.07. The van der Waals surface area contributed by atoms with E-state index in [0.717, 1.165) is 5.56 Å². The average molecular weight is 457 g/mol. The molecule has 2 N–H and O–H groups in total. The number of hydrogen-bond acceptors (Lipinski definition) is 5. The zero-order valence-corrected chi connectivity index (χ0v) is 18.1. The molecule has 1 amide bonds. The number of nitrogens with zero attached hydrogens (tertiary/aromatic N) is 2. The van der Waals surface area contributed by atoms with Gasteiger partial charge in [0.05, 0.1) is 11.5 Å². The van der Waals surface area contributed by atoms with Crippen LogP contribution in [0.25, 0.3) is 0 Å². The number of nitro groups is 1. The highest BCUT2D eigenvalue weighted by Crippen LogP contribution is 2.38. The molecule has 2 heterocycles. The molecular weight excluding hydrogens is 436 g/mol. The first-order valence-electron chi connectivity index (χ1n) is 10.0. The molecule has 9 nitrogen and oxygen atoms in total. The third-order valence-corrected chi connectivity index (χ3v) is 5.80. The maximum Gasteiger partial charge on any atom is 0.301 e. The number of nitrogens with one attached hydrogen (secondary N) is 2. The second-order valence-electron chi connectivity index (χ2n) is 7.81. The van der Waals surface area contributed by atoms with E-state index in [-0.39, 0.29) is 24.0 Å². The van der Waals surface area contributed by atoms with E-state index in [9.17, 15) is 19.7 Å². The third-order valence-electron chi connectivity index (χ3n) is 5.43. The normalized spacial score (nSPS) is 17.7. The quantitative estimate of drug-likeness (QED) is 0.432. The topological polar surface area (TPSA) is 119 Å². The molecule has 1 aromatic heterocycles. The lowest BCUT2D eigenvalue weighted by Gasteiger charge is -2.26. The molecule has 1 aliphatic heterocycles. The van der Waals surface area contributed by atoms with Crippen molar-refractivity contribution in [2.45, 2.75) is 38.5 Å². The summed E-state index contributed by atoms with van der Waals surface area (Å²) in [5.41, 5.74) is 0.996. The van der Waals surface area contributed by atoms with E-state index in [4.69, 9.17) is 16.3 Å². The lowest BCUT2D eigenvalue weighted by atomic mass is 9.83. The number of aromatic amines is 1. The number of carbonyl (C=O) groups excluding carboxylic acids is 1. The molecule has 0 bridgehead atoms. The molecule has 166 valence electrons. The Morgan fingerprint density at radius 1 is 1.16 bits per heavy atom. The minimum Gasteiger partial charge on any atom is -0.489 e. The Balaban J connectivity index is 1.68. The number of fused-ring (bicyclic) bond motifs is 1. The summed E-state index contributed by atoms with van der Waals surface area (Å²) >= 11 is 6.15. The fraction of sp³-hybridized carbons (Fsp3) is 0.273. The Bertz CT molecular complexity index is 1230. The predicted molar refractivity (Wildman–Crippen MR) is 119 cm³/mol. The van der Waals surface area contributed by atoms with Crippen LogP contribution in [0.5, 0.6) is 5.75 Å². The summed E-state index contributed by atoms with van der Waals surface area (Å²) in [6.45, 7) is 3.92. The van der Waals surface area contributed by atoms with Gasteiger partial charge < -0.3 is 10.1 Å². The minimum absolute atomic E-state index is 0.153. The van der Waals surface area contributed by atoms with Crippen molar-refractivity contribution in [3.05, 3.63) is 90.7 Å². The summed E-state index contributed by atoms with van der Waals surface area (Å²) in [7, 11) is 0. The Morgan fingerprint density at radius 2 is 1.84 bits per heavy atom. The van der Waals surface area contributed by atoms with Gasteiger partial charge in [0, 0.05) is 21.6 Å². The zero-order valence-electron chi connectivity index (χ0n) is 17.4. The molecular formula is C22H21ClN4O5. The van der Waals surface area contributed by atoms with E-state index < -0.39 is 28.3 Å². The summed E-state index contributed by atoms with van der Waals surface area (Å²) < 4.78 is 7.28. The van der Waals surface area contributed by atoms with Crippen molar-refractivity contribution in [3.63, 3.8) is 0 Å². The SMILES string of the molecule is CC(C)n1[nH]c(=O)c2c1NC(=O)[C@H]([N+](=O)[O-])[C@H]2c1ccc(OCc2ccccc2Cl)cc1. The first-order chi connectivity index (χ1) is 15.3. The second kappa shape index (κ2) is 8.51. The van der Waals surface area contributed by atoms with Crippen molar-refractivity contribution in [3.8, 4) is 5.75 Å². The van der Waals surface area contributed by atoms with Crippen LogP contribution in [-0.2, 0) is 11.4 Å². The Kier molecular flexibility index (Phi) is 5.75. The summed E-state index contributed by atoms with van der Waals surface area (Å²) in [6, 6.07) is 12.1. The van der Waals surface area contributed by atoms with Gasteiger partial charge in [0.15, 0.2) is 0 Å². The lowest BCUT2D eigenvalue weighted by Crippen LogP contribution is -2.45. The molecule has 0 aliphatic carbocycles. The molecule has 0 unspecified atom stereocenters. The van der Waals surface area contributed by atoms with Crippen molar-refractivity contribution >= 4 is 23.3 Å². The van der Waals surface area contributed by atoms with Crippen molar-refractivity contribution < 1.29 is 14.5 Å². The molecule has 32 heavy (non-hydrogen) atoms. The highest BCUT2D eigenvalue weighted by atomic mass is 35.5. The van der Waals surface area contributed by atoms with Crippen molar-refractivity contribution in [1.82, 2.24) is 9.78 Å². The molecule has 0 radical (unpaired) electrons. The molecule has 0 saturated heterocycles. The number of rotatable bonds is 6. The first-order valence-corrected chi connectivity index (χ1v) is 10.4. The van der Waals surface area contributed by atoms with Gasteiger partial charge in [0.25, 0.3) is 5.56 Å². The van der Waals surface area contributed by atoms with Crippen LogP contribution in [0, 0.1) is 10.1 Å². The maximum atomic E-state index is 12.7. The number of halogens is 1. The molecule has 3 aromatic rings. The molecule has 0 fully saturated rings. The molecule has 4 rings (SSSR count). The summed E-state index contributed by atoms with van der Waals surface area (Å²) in [6.07, 6.45) is 0. The number of aromatic nitrogens is 2. The van der Waals surface area contributed by atoms with E-state index in [1.807, 2.05) is 32.0 Å². The summed E-state index contributed by atoms with van der Waals surface area (Å²) in [5, 5.41) is 17.6. The standard InChI is InChI=1S/C22H21ClN4O5/c1-12(2)26-20-18(21(28)25-26)17(19(27(30)31)22(29)24-20)13-7-9-15(10-8-13)32-11-14-5-3-4-6-16(14)23/h3-10,12,17,19H,11H2,1-2H3,(H,24,29)(H,25,28)/t17-,19+/m0/s1. The van der Waals surface area contributed by atoms with E-state index in [0.29, 0.717) is 16.3 Å². The van der Waals surface area contributed by atoms with Crippen molar-refractivity contribution in [2.75, 3.05) is 5.32 Å². The van der Waals surface area contributed by atoms with Crippen molar-refractivity contribution in [1.29, 1.82) is 0 Å². The van der Waals surface area contributed by atoms with Gasteiger partial charge in [-0.1, -0.05) is 41.9 Å². The van der Waals surface area contributed by atoms with Crippen LogP contribution in [0.4, 0.5) is 5.82 Å². The smallest absolute Gasteiger partial charge is 0.301 e. The van der Waals surface area contributed by atoms with Gasteiger partial charge in [-0.3, -0.25) is 29.5 Å². The van der Waals surface area contributed by atoms with Crippen LogP contribution >= 0.6 is 11.6 Å². The number of ether oxygens (including phenoxy) is 1. The Labute approximate surface area is 188 Å². The Morgan fingerprint density at radius 3 is 2.47 bits per heavy atom. The highest BCUT2D eigenvalue weighted by molar-refractivity contribution is 6.31. The molecule has 2 aromatic carbocycles. The van der Waals surface area contributed by atoms with Crippen LogP contribution in [0.2, 0.25) is 5.02 Å². The summed E-state index contributed by atoms with van der Waals surface area (Å²) in [5.74, 6) is -1.01. The van der Waals surface area contributed by atoms with E-state index in [1.165, 1.54) is 4.68 Å². The number of benzene rings is 2. The van der Waals surface area contributed by atoms with Gasteiger partial charge in [0.2, 0.25) is 0 Å². The fourth-order valence-electron chi connectivity index (χ4n) is 3.88. The number of hydrogen-bond donors (Lipinski definition) is 2. The van der Waals surface area contributed by atoms with Crippen molar-refractivity contribution in [2.24, 2.45) is 0 Å². The van der Waals surface area contributed by atoms with Crippen LogP contribution < -0.4 is 15.6 Å². The molecule has 10 heteroatoms. The molecule has 2 atom stereocenters. The average Bonchev–Trinajstić information content (AvgIpc) is 3.08. The van der Waals surface area contributed by atoms with E-state index in [1.54, 1.807) is 30.3 Å². The van der Waals surface area contributed by atoms with E-state index in [2.05, 4.69) is 10.4 Å². The monoisotopic (exact) mass is 456 g/mol. The summed E-state index contributed by atoms with van der Waals surface area (Å²) in [4.78, 5) is 36.4. The van der Waals surface area contributed by atoms with Crippen LogP contribution in [0.1, 0.15) is 42.5 Å². The minimum atomic E-state index is -1.62. The lowest BCUT2D eigenvalue weighted by molar-refractivity contribution is -0.509. The first kappa shape index (κ1) is 21.6. The largest absolute Gasteiger partial charge is 0.489 e. The number of amides is 1. The van der Waals surface area contributed by atoms with Crippen LogP contribution in [0.3, 0.4) is 0 Å². The third kappa shape index (κ3) is 3.87. The maximum absolute atomic E-state index is 12.7. The van der Waals surface area contributed by atoms with E-state index >= 15 is 0 Å². The number of anilines is 1. The molecule has 1 aliphatic rings. The zero-order chi connectivity index (χ0) is 23.0. The van der Waals surface area contributed by atoms with Gasteiger partial charge in [-0.05, 0) is 37.6 Å². The second-order valence-corrected chi connectivity index (χ2v) is 8.22. The molecule has 0 spiro atoms. The van der Waals surface area contributed by atoms with Gasteiger partial charge >= 0.3 is 11.9 Å². The van der Waals surface area contributed by atoms with Crippen LogP contribution in [0.15, 0.2) is 53.3 Å².